The molecule has 19 heavy (non-hydrogen) atoms. The highest BCUT2D eigenvalue weighted by molar-refractivity contribution is 7.99. The number of methoxy groups -OCH3 is 2. The summed E-state index contributed by atoms with van der Waals surface area (Å²) in [5.41, 5.74) is 6.76. The molecule has 0 aliphatic rings. The fourth-order valence-corrected chi connectivity index (χ4v) is 2.57. The van der Waals surface area contributed by atoms with Crippen LogP contribution in [-0.4, -0.2) is 37.4 Å². The van der Waals surface area contributed by atoms with Gasteiger partial charge in [-0.05, 0) is 5.56 Å². The average Bonchev–Trinajstić information content (AvgIpc) is 2.47. The molecule has 5 nitrogen and oxygen atoms in total. The Hall–Kier alpha value is -1.53. The second-order valence-corrected chi connectivity index (χ2v) is 4.92. The van der Waals surface area contributed by atoms with Crippen molar-refractivity contribution in [2.75, 3.05) is 14.2 Å². The Bertz CT molecular complexity index is 424. The number of thioether (sulfide) groups is 1. The lowest BCUT2D eigenvalue weighted by Crippen LogP contribution is -2.45. The van der Waals surface area contributed by atoms with Crippen LogP contribution < -0.4 is 5.73 Å². The van der Waals surface area contributed by atoms with Crippen molar-refractivity contribution in [3.63, 3.8) is 0 Å². The molecule has 0 aromatic heterocycles. The van der Waals surface area contributed by atoms with Crippen molar-refractivity contribution >= 4 is 23.7 Å². The number of benzene rings is 1. The SMILES string of the molecule is COC(=O)[C@@H](SCc1ccccc1)[C@@H](N)C(=O)OC. The van der Waals surface area contributed by atoms with Crippen molar-refractivity contribution in [1.82, 2.24) is 0 Å². The van der Waals surface area contributed by atoms with Crippen LogP contribution in [0.15, 0.2) is 30.3 Å². The summed E-state index contributed by atoms with van der Waals surface area (Å²) in [6, 6.07) is 8.56. The van der Waals surface area contributed by atoms with E-state index in [1.165, 1.54) is 26.0 Å². The lowest BCUT2D eigenvalue weighted by Gasteiger charge is -2.19. The van der Waals surface area contributed by atoms with Crippen LogP contribution in [0.1, 0.15) is 5.56 Å². The number of esters is 2. The molecule has 0 aliphatic carbocycles. The van der Waals surface area contributed by atoms with Gasteiger partial charge in [-0.3, -0.25) is 9.59 Å². The Kier molecular flexibility index (Phi) is 6.38. The molecule has 2 atom stereocenters. The summed E-state index contributed by atoms with van der Waals surface area (Å²) in [7, 11) is 2.50. The Morgan fingerprint density at radius 2 is 1.74 bits per heavy atom. The highest BCUT2D eigenvalue weighted by Gasteiger charge is 2.32. The summed E-state index contributed by atoms with van der Waals surface area (Å²) in [4.78, 5) is 23.1. The van der Waals surface area contributed by atoms with Crippen LogP contribution in [-0.2, 0) is 24.8 Å². The number of ether oxygens (including phenoxy) is 2. The van der Waals surface area contributed by atoms with Crippen molar-refractivity contribution in [2.45, 2.75) is 17.0 Å². The van der Waals surface area contributed by atoms with Crippen LogP contribution in [0.3, 0.4) is 0 Å². The fraction of sp³-hybridized carbons (Fsp3) is 0.385. The number of nitrogens with two attached hydrogens (primary N) is 1. The first-order chi connectivity index (χ1) is 9.10. The van der Waals surface area contributed by atoms with E-state index in [0.29, 0.717) is 5.75 Å². The van der Waals surface area contributed by atoms with Crippen molar-refractivity contribution in [2.24, 2.45) is 5.73 Å². The van der Waals surface area contributed by atoms with Crippen molar-refractivity contribution in [3.8, 4) is 0 Å². The van der Waals surface area contributed by atoms with Crippen molar-refractivity contribution in [1.29, 1.82) is 0 Å². The molecule has 1 aromatic carbocycles. The predicted molar refractivity (Wildman–Crippen MR) is 73.5 cm³/mol. The van der Waals surface area contributed by atoms with Crippen LogP contribution in [0.5, 0.6) is 0 Å². The Morgan fingerprint density at radius 1 is 1.16 bits per heavy atom. The van der Waals surface area contributed by atoms with Gasteiger partial charge in [-0.15, -0.1) is 11.8 Å². The highest BCUT2D eigenvalue weighted by atomic mass is 32.2. The second kappa shape index (κ2) is 7.81. The molecule has 0 spiro atoms. The molecular formula is C13H17NO4S. The molecule has 0 bridgehead atoms. The largest absolute Gasteiger partial charge is 0.468 e. The van der Waals surface area contributed by atoms with E-state index in [0.717, 1.165) is 5.56 Å². The van der Waals surface area contributed by atoms with E-state index < -0.39 is 23.2 Å². The molecule has 0 saturated carbocycles. The van der Waals surface area contributed by atoms with Gasteiger partial charge in [0.25, 0.3) is 0 Å². The molecule has 0 radical (unpaired) electrons. The molecule has 2 N–H and O–H groups in total. The Labute approximate surface area is 116 Å². The summed E-state index contributed by atoms with van der Waals surface area (Å²) in [5, 5.41) is -0.780. The maximum absolute atomic E-state index is 11.7. The molecule has 0 heterocycles. The summed E-state index contributed by atoms with van der Waals surface area (Å²) in [6.45, 7) is 0. The zero-order valence-electron chi connectivity index (χ0n) is 10.9. The number of hydrogen-bond acceptors (Lipinski definition) is 6. The number of carbonyl (C=O) groups excluding carboxylic acids is 2. The Balaban J connectivity index is 2.70. The van der Waals surface area contributed by atoms with Gasteiger partial charge in [0.15, 0.2) is 0 Å². The molecule has 1 aromatic rings. The van der Waals surface area contributed by atoms with Crippen LogP contribution in [0.2, 0.25) is 0 Å². The average molecular weight is 283 g/mol. The van der Waals surface area contributed by atoms with Gasteiger partial charge in [-0.2, -0.15) is 0 Å². The van der Waals surface area contributed by atoms with Gasteiger partial charge in [0.2, 0.25) is 0 Å². The standard InChI is InChI=1S/C13H17NO4S/c1-17-12(15)10(14)11(13(16)18-2)19-8-9-6-4-3-5-7-9/h3-7,10-11H,8,14H2,1-2H3/t10-,11+/m1/s1. The Morgan fingerprint density at radius 3 is 2.26 bits per heavy atom. The minimum absolute atomic E-state index is 0.529. The fourth-order valence-electron chi connectivity index (χ4n) is 1.45. The lowest BCUT2D eigenvalue weighted by molar-refractivity contribution is -0.148. The molecule has 0 fully saturated rings. The normalized spacial score (nSPS) is 13.4. The van der Waals surface area contributed by atoms with E-state index in [1.54, 1.807) is 0 Å². The highest BCUT2D eigenvalue weighted by Crippen LogP contribution is 2.21. The second-order valence-electron chi connectivity index (χ2n) is 3.79. The van der Waals surface area contributed by atoms with Gasteiger partial charge in [0, 0.05) is 5.75 Å². The van der Waals surface area contributed by atoms with Gasteiger partial charge in [-0.1, -0.05) is 30.3 Å². The maximum Gasteiger partial charge on any atom is 0.324 e. The van der Waals surface area contributed by atoms with E-state index in [4.69, 9.17) is 5.73 Å². The van der Waals surface area contributed by atoms with Gasteiger partial charge in [0.1, 0.15) is 11.3 Å². The maximum atomic E-state index is 11.7. The number of rotatable bonds is 6. The molecule has 0 saturated heterocycles. The summed E-state index contributed by atoms with van der Waals surface area (Å²) >= 11 is 1.26. The minimum Gasteiger partial charge on any atom is -0.468 e. The first kappa shape index (κ1) is 15.5. The smallest absolute Gasteiger partial charge is 0.324 e. The molecule has 1 rings (SSSR count). The summed E-state index contributed by atoms with van der Waals surface area (Å²) < 4.78 is 9.22. The lowest BCUT2D eigenvalue weighted by atomic mass is 10.2. The van der Waals surface area contributed by atoms with Crippen LogP contribution in [0, 0.1) is 0 Å². The molecule has 0 amide bonds. The van der Waals surface area contributed by atoms with Crippen LogP contribution >= 0.6 is 11.8 Å². The third-order valence-electron chi connectivity index (χ3n) is 2.51. The van der Waals surface area contributed by atoms with Gasteiger partial charge < -0.3 is 15.2 Å². The molecule has 104 valence electrons. The van der Waals surface area contributed by atoms with E-state index >= 15 is 0 Å². The zero-order valence-corrected chi connectivity index (χ0v) is 11.7. The van der Waals surface area contributed by atoms with Crippen LogP contribution in [0.25, 0.3) is 0 Å². The topological polar surface area (TPSA) is 78.6 Å². The first-order valence-corrected chi connectivity index (χ1v) is 6.71. The molecule has 0 aliphatic heterocycles. The number of hydrogen-bond donors (Lipinski definition) is 1. The third kappa shape index (κ3) is 4.57. The van der Waals surface area contributed by atoms with E-state index in [-0.39, 0.29) is 0 Å². The van der Waals surface area contributed by atoms with Crippen molar-refractivity contribution in [3.05, 3.63) is 35.9 Å². The van der Waals surface area contributed by atoms with Gasteiger partial charge in [0.05, 0.1) is 14.2 Å². The van der Waals surface area contributed by atoms with E-state index in [9.17, 15) is 9.59 Å². The quantitative estimate of drug-likeness (QED) is 0.784. The monoisotopic (exact) mass is 283 g/mol. The first-order valence-electron chi connectivity index (χ1n) is 5.67. The molecule has 0 unspecified atom stereocenters. The number of carbonyl (C=O) groups is 2. The summed E-state index contributed by atoms with van der Waals surface area (Å²) in [6.07, 6.45) is 0. The molecular weight excluding hydrogens is 266 g/mol. The zero-order chi connectivity index (χ0) is 14.3. The molecule has 6 heteroatoms. The predicted octanol–water partition coefficient (Wildman–Crippen LogP) is 0.962. The third-order valence-corrected chi connectivity index (χ3v) is 3.85. The minimum atomic E-state index is -1.04. The van der Waals surface area contributed by atoms with E-state index in [2.05, 4.69) is 9.47 Å². The van der Waals surface area contributed by atoms with Crippen LogP contribution in [0.4, 0.5) is 0 Å². The van der Waals surface area contributed by atoms with Crippen molar-refractivity contribution < 1.29 is 19.1 Å². The summed E-state index contributed by atoms with van der Waals surface area (Å²) in [5.74, 6) is -0.597. The van der Waals surface area contributed by atoms with Gasteiger partial charge >= 0.3 is 11.9 Å². The van der Waals surface area contributed by atoms with E-state index in [1.807, 2.05) is 30.3 Å². The van der Waals surface area contributed by atoms with Gasteiger partial charge in [-0.25, -0.2) is 0 Å².